The van der Waals surface area contributed by atoms with E-state index in [1.807, 2.05) is 0 Å². The number of aliphatic carboxylic acids is 3. The summed E-state index contributed by atoms with van der Waals surface area (Å²) in [4.78, 5) is 37.0. The van der Waals surface area contributed by atoms with E-state index in [4.69, 9.17) is 20.2 Å². The second kappa shape index (κ2) is 6.31. The molecule has 0 saturated carbocycles. The molecule has 3 N–H and O–H groups in total. The number of carboxylic acid groups (broad SMARTS) is 3. The van der Waals surface area contributed by atoms with Gasteiger partial charge < -0.3 is 15.3 Å². The van der Waals surface area contributed by atoms with Gasteiger partial charge in [0, 0.05) is 13.1 Å². The predicted molar refractivity (Wildman–Crippen MR) is 54.7 cm³/mol. The Labute approximate surface area is 118 Å². The molecule has 0 aromatic rings. The Morgan fingerprint density at radius 1 is 1.06 bits per heavy atom. The van der Waals surface area contributed by atoms with Crippen molar-refractivity contribution in [1.82, 2.24) is 5.06 Å². The molecule has 0 unspecified atom stereocenters. The molecule has 0 spiro atoms. The molecule has 1 aliphatic heterocycles. The van der Waals surface area contributed by atoms with Gasteiger partial charge in [-0.2, -0.15) is 5.06 Å². The Kier molecular flexibility index (Phi) is 6.06. The maximum atomic E-state index is 11.0. The van der Waals surface area contributed by atoms with E-state index < -0.39 is 36.4 Å². The standard InChI is InChI=1S/C8H11NO7.Na.H/c10-5(11)3-8(7(14)15,4-6(12)13)16-9-1-2-9;;/h1-4H2,(H,10,11)(H,12,13)(H,14,15);;. The fraction of sp³-hybridized carbons (Fsp3) is 0.625. The Balaban J connectivity index is 0.00000256. The Hall–Kier alpha value is -0.670. The van der Waals surface area contributed by atoms with E-state index in [0.29, 0.717) is 13.1 Å². The van der Waals surface area contributed by atoms with Crippen LogP contribution >= 0.6 is 0 Å². The van der Waals surface area contributed by atoms with Crippen LogP contribution < -0.4 is 0 Å². The number of carbonyl (C=O) groups is 3. The zero-order valence-electron chi connectivity index (χ0n) is 8.25. The SMILES string of the molecule is O=C(O)CC(CC(=O)O)(ON1CC1)C(=O)O.[NaH]. The summed E-state index contributed by atoms with van der Waals surface area (Å²) in [6, 6.07) is 0. The van der Waals surface area contributed by atoms with Crippen LogP contribution in [0.25, 0.3) is 0 Å². The van der Waals surface area contributed by atoms with Gasteiger partial charge in [0.05, 0.1) is 12.8 Å². The van der Waals surface area contributed by atoms with Gasteiger partial charge in [0.1, 0.15) is 0 Å². The van der Waals surface area contributed by atoms with Crippen molar-refractivity contribution in [3.8, 4) is 0 Å². The second-order valence-corrected chi connectivity index (χ2v) is 3.46. The van der Waals surface area contributed by atoms with Crippen molar-refractivity contribution >= 4 is 47.5 Å². The summed E-state index contributed by atoms with van der Waals surface area (Å²) < 4.78 is 0. The molecule has 0 aliphatic carbocycles. The van der Waals surface area contributed by atoms with Gasteiger partial charge in [-0.15, -0.1) is 0 Å². The summed E-state index contributed by atoms with van der Waals surface area (Å²) in [5.41, 5.74) is -2.23. The third-order valence-electron chi connectivity index (χ3n) is 1.97. The van der Waals surface area contributed by atoms with Gasteiger partial charge in [-0.25, -0.2) is 4.79 Å². The average Bonchev–Trinajstić information content (AvgIpc) is 2.84. The number of nitrogens with zero attached hydrogens (tertiary/aromatic N) is 1. The number of rotatable bonds is 7. The van der Waals surface area contributed by atoms with Crippen LogP contribution in [0.1, 0.15) is 12.8 Å². The summed E-state index contributed by atoms with van der Waals surface area (Å²) >= 11 is 0. The first-order valence-electron chi connectivity index (χ1n) is 4.47. The molecule has 0 radical (unpaired) electrons. The summed E-state index contributed by atoms with van der Waals surface area (Å²) in [6.07, 6.45) is -1.80. The molecule has 1 saturated heterocycles. The van der Waals surface area contributed by atoms with Crippen LogP contribution in [0, 0.1) is 0 Å². The molecule has 1 aliphatic rings. The van der Waals surface area contributed by atoms with Gasteiger partial charge in [0.2, 0.25) is 5.60 Å². The molecule has 1 heterocycles. The molecule has 0 atom stereocenters. The minimum absolute atomic E-state index is 0. The van der Waals surface area contributed by atoms with Crippen molar-refractivity contribution in [3.05, 3.63) is 0 Å². The van der Waals surface area contributed by atoms with Gasteiger partial charge >= 0.3 is 47.5 Å². The quantitative estimate of drug-likeness (QED) is 0.366. The van der Waals surface area contributed by atoms with Crippen molar-refractivity contribution in [2.75, 3.05) is 13.1 Å². The summed E-state index contributed by atoms with van der Waals surface area (Å²) in [5, 5.41) is 27.3. The van der Waals surface area contributed by atoms with E-state index in [2.05, 4.69) is 0 Å². The molecule has 1 rings (SSSR count). The Bertz CT molecular complexity index is 312. The molecule has 9 heteroatoms. The molecule has 92 valence electrons. The molecule has 8 nitrogen and oxygen atoms in total. The minimum atomic E-state index is -2.23. The van der Waals surface area contributed by atoms with Crippen molar-refractivity contribution in [1.29, 1.82) is 0 Å². The molecule has 0 bridgehead atoms. The van der Waals surface area contributed by atoms with Gasteiger partial charge in [-0.1, -0.05) is 0 Å². The van der Waals surface area contributed by atoms with E-state index in [9.17, 15) is 14.4 Å². The maximum absolute atomic E-state index is 11.0. The van der Waals surface area contributed by atoms with Crippen LogP contribution in [0.3, 0.4) is 0 Å². The van der Waals surface area contributed by atoms with E-state index in [1.54, 1.807) is 0 Å². The van der Waals surface area contributed by atoms with Crippen LogP contribution in [0.15, 0.2) is 0 Å². The zero-order valence-corrected chi connectivity index (χ0v) is 8.25. The van der Waals surface area contributed by atoms with E-state index in [-0.39, 0.29) is 29.6 Å². The second-order valence-electron chi connectivity index (χ2n) is 3.46. The molecule has 0 amide bonds. The molecule has 0 aromatic carbocycles. The normalized spacial score (nSPS) is 14.8. The van der Waals surface area contributed by atoms with Crippen LogP contribution in [0.5, 0.6) is 0 Å². The molecule has 0 aromatic heterocycles. The number of hydrogen-bond acceptors (Lipinski definition) is 5. The van der Waals surface area contributed by atoms with Crippen LogP contribution in [-0.4, -0.2) is 86.5 Å². The third kappa shape index (κ3) is 5.00. The van der Waals surface area contributed by atoms with Crippen LogP contribution in [-0.2, 0) is 19.2 Å². The molecule has 17 heavy (non-hydrogen) atoms. The molecule has 1 fully saturated rings. The van der Waals surface area contributed by atoms with Crippen molar-refractivity contribution < 1.29 is 34.5 Å². The van der Waals surface area contributed by atoms with E-state index in [0.717, 1.165) is 0 Å². The third-order valence-corrected chi connectivity index (χ3v) is 1.97. The van der Waals surface area contributed by atoms with Gasteiger partial charge in [-0.05, 0) is 0 Å². The van der Waals surface area contributed by atoms with Gasteiger partial charge in [0.25, 0.3) is 0 Å². The summed E-state index contributed by atoms with van der Waals surface area (Å²) in [6.45, 7) is 0.933. The van der Waals surface area contributed by atoms with E-state index >= 15 is 0 Å². The fourth-order valence-corrected chi connectivity index (χ4v) is 1.19. The number of carboxylic acids is 3. The van der Waals surface area contributed by atoms with Gasteiger partial charge in [-0.3, -0.25) is 14.4 Å². The van der Waals surface area contributed by atoms with Crippen LogP contribution in [0.4, 0.5) is 0 Å². The van der Waals surface area contributed by atoms with Crippen molar-refractivity contribution in [2.45, 2.75) is 18.4 Å². The predicted octanol–water partition coefficient (Wildman–Crippen LogP) is -1.64. The summed E-state index contributed by atoms with van der Waals surface area (Å²) in [7, 11) is 0. The average molecular weight is 257 g/mol. The van der Waals surface area contributed by atoms with E-state index in [1.165, 1.54) is 5.06 Å². The number of hydroxylamine groups is 2. The topological polar surface area (TPSA) is 124 Å². The first kappa shape index (κ1) is 16.3. The van der Waals surface area contributed by atoms with Gasteiger partial charge in [0.15, 0.2) is 0 Å². The van der Waals surface area contributed by atoms with Crippen molar-refractivity contribution in [2.24, 2.45) is 0 Å². The van der Waals surface area contributed by atoms with Crippen LogP contribution in [0.2, 0.25) is 0 Å². The Morgan fingerprint density at radius 3 is 1.71 bits per heavy atom. The summed E-state index contributed by atoms with van der Waals surface area (Å²) in [5.74, 6) is -4.44. The fourth-order valence-electron chi connectivity index (χ4n) is 1.19. The number of hydrogen-bond donors (Lipinski definition) is 3. The Morgan fingerprint density at radius 2 is 1.47 bits per heavy atom. The zero-order chi connectivity index (χ0) is 12.3. The molecular formula is C8H12NNaO7. The van der Waals surface area contributed by atoms with Crippen molar-refractivity contribution in [3.63, 3.8) is 0 Å². The first-order valence-corrected chi connectivity index (χ1v) is 4.47. The molecular weight excluding hydrogens is 245 g/mol. The first-order chi connectivity index (χ1) is 7.35. The monoisotopic (exact) mass is 257 g/mol.